The molecular weight excluding hydrogens is 256 g/mol. The summed E-state index contributed by atoms with van der Waals surface area (Å²) in [5.41, 5.74) is 4.82. The van der Waals surface area contributed by atoms with Gasteiger partial charge >= 0.3 is 0 Å². The van der Waals surface area contributed by atoms with E-state index in [0.717, 1.165) is 48.9 Å². The maximum absolute atomic E-state index is 4.74. The van der Waals surface area contributed by atoms with Gasteiger partial charge in [-0.2, -0.15) is 0 Å². The van der Waals surface area contributed by atoms with Crippen molar-refractivity contribution < 1.29 is 0 Å². The van der Waals surface area contributed by atoms with Crippen molar-refractivity contribution in [2.75, 3.05) is 6.54 Å². The van der Waals surface area contributed by atoms with Gasteiger partial charge < -0.3 is 5.32 Å². The van der Waals surface area contributed by atoms with Gasteiger partial charge in [0.15, 0.2) is 0 Å². The van der Waals surface area contributed by atoms with Crippen LogP contribution in [0.25, 0.3) is 0 Å². The molecule has 1 aliphatic heterocycles. The summed E-state index contributed by atoms with van der Waals surface area (Å²) in [7, 11) is 0. The molecule has 1 aliphatic rings. The molecule has 5 heteroatoms. The predicted octanol–water partition coefficient (Wildman–Crippen LogP) is 2.04. The first-order chi connectivity index (χ1) is 9.26. The summed E-state index contributed by atoms with van der Waals surface area (Å²) in [6, 6.07) is 0. The highest BCUT2D eigenvalue weighted by molar-refractivity contribution is 7.09. The first kappa shape index (κ1) is 12.7. The predicted molar refractivity (Wildman–Crippen MR) is 76.5 cm³/mol. The van der Waals surface area contributed by atoms with Crippen molar-refractivity contribution in [3.05, 3.63) is 38.9 Å². The third kappa shape index (κ3) is 2.67. The number of hydrogen-bond donors (Lipinski definition) is 1. The van der Waals surface area contributed by atoms with E-state index < -0.39 is 0 Å². The average Bonchev–Trinajstić information content (AvgIpc) is 2.83. The van der Waals surface area contributed by atoms with Crippen LogP contribution in [0, 0.1) is 6.92 Å². The second-order valence-electron chi connectivity index (χ2n) is 4.85. The fourth-order valence-electron chi connectivity index (χ4n) is 2.46. The van der Waals surface area contributed by atoms with E-state index in [2.05, 4.69) is 22.6 Å². The molecule has 2 aromatic rings. The fourth-order valence-corrected chi connectivity index (χ4v) is 3.23. The summed E-state index contributed by atoms with van der Waals surface area (Å²) in [6.45, 7) is 6.11. The van der Waals surface area contributed by atoms with Crippen LogP contribution >= 0.6 is 11.3 Å². The number of nitrogens with zero attached hydrogens (tertiary/aromatic N) is 3. The lowest BCUT2D eigenvalue weighted by Crippen LogP contribution is -2.27. The number of aryl methyl sites for hydroxylation is 2. The maximum atomic E-state index is 4.74. The van der Waals surface area contributed by atoms with Crippen molar-refractivity contribution in [2.24, 2.45) is 0 Å². The molecule has 1 N–H and O–H groups in total. The molecule has 0 unspecified atom stereocenters. The van der Waals surface area contributed by atoms with Gasteiger partial charge in [-0.15, -0.1) is 11.3 Å². The van der Waals surface area contributed by atoms with Crippen LogP contribution in [0.5, 0.6) is 0 Å². The minimum absolute atomic E-state index is 0.756. The van der Waals surface area contributed by atoms with Crippen molar-refractivity contribution in [2.45, 2.75) is 39.7 Å². The highest BCUT2D eigenvalue weighted by Crippen LogP contribution is 2.18. The summed E-state index contributed by atoms with van der Waals surface area (Å²) in [5.74, 6) is 0.923. The Hall–Kier alpha value is -1.33. The zero-order chi connectivity index (χ0) is 13.2. The van der Waals surface area contributed by atoms with E-state index in [1.165, 1.54) is 17.0 Å². The first-order valence-corrected chi connectivity index (χ1v) is 7.63. The van der Waals surface area contributed by atoms with Gasteiger partial charge in [-0.05, 0) is 13.3 Å². The molecule has 0 saturated carbocycles. The highest BCUT2D eigenvalue weighted by atomic mass is 32.1. The number of nitrogens with one attached hydrogen (secondary N) is 1. The fraction of sp³-hybridized carbons (Fsp3) is 0.500. The zero-order valence-corrected chi connectivity index (χ0v) is 12.2. The Morgan fingerprint density at radius 2 is 2.21 bits per heavy atom. The van der Waals surface area contributed by atoms with E-state index in [-0.39, 0.29) is 0 Å². The van der Waals surface area contributed by atoms with Gasteiger partial charge in [-0.3, -0.25) is 0 Å². The number of rotatable bonds is 3. The maximum Gasteiger partial charge on any atom is 0.135 e. The van der Waals surface area contributed by atoms with Crippen molar-refractivity contribution in [1.82, 2.24) is 20.3 Å². The normalized spacial score (nSPS) is 14.4. The Morgan fingerprint density at radius 1 is 1.32 bits per heavy atom. The van der Waals surface area contributed by atoms with Gasteiger partial charge in [0.05, 0.1) is 12.1 Å². The Kier molecular flexibility index (Phi) is 3.57. The van der Waals surface area contributed by atoms with E-state index in [1.54, 1.807) is 11.3 Å². The Bertz CT molecular complexity index is 574. The van der Waals surface area contributed by atoms with E-state index >= 15 is 0 Å². The molecule has 3 heterocycles. The molecule has 0 fully saturated rings. The second kappa shape index (κ2) is 5.35. The number of thiazole rings is 1. The van der Waals surface area contributed by atoms with Gasteiger partial charge in [0.1, 0.15) is 10.8 Å². The molecule has 0 saturated heterocycles. The molecule has 0 atom stereocenters. The number of fused-ring (bicyclic) bond motifs is 1. The Morgan fingerprint density at radius 3 is 2.95 bits per heavy atom. The van der Waals surface area contributed by atoms with Gasteiger partial charge in [-0.1, -0.05) is 6.92 Å². The Balaban J connectivity index is 1.93. The quantitative estimate of drug-likeness (QED) is 0.930. The molecule has 100 valence electrons. The topological polar surface area (TPSA) is 50.7 Å². The molecule has 19 heavy (non-hydrogen) atoms. The second-order valence-corrected chi connectivity index (χ2v) is 5.79. The minimum atomic E-state index is 0.756. The minimum Gasteiger partial charge on any atom is -0.312 e. The van der Waals surface area contributed by atoms with E-state index in [9.17, 15) is 0 Å². The van der Waals surface area contributed by atoms with Gasteiger partial charge in [0, 0.05) is 41.8 Å². The van der Waals surface area contributed by atoms with Crippen LogP contribution in [0.2, 0.25) is 0 Å². The molecule has 0 radical (unpaired) electrons. The van der Waals surface area contributed by atoms with Crippen molar-refractivity contribution in [1.29, 1.82) is 0 Å². The molecule has 0 amide bonds. The van der Waals surface area contributed by atoms with Crippen LogP contribution in [-0.2, 0) is 25.8 Å². The van der Waals surface area contributed by atoms with E-state index in [0.29, 0.717) is 0 Å². The van der Waals surface area contributed by atoms with Crippen LogP contribution < -0.4 is 5.32 Å². The molecule has 2 aromatic heterocycles. The molecule has 4 nitrogen and oxygen atoms in total. The standard InChI is InChI=1S/C14H18N4S/c1-3-11-10-7-15-5-4-12(10)18-13(17-11)6-14-16-9(2)8-19-14/h8,15H,3-7H2,1-2H3. The third-order valence-corrected chi connectivity index (χ3v) is 4.34. The third-order valence-electron chi connectivity index (χ3n) is 3.38. The largest absolute Gasteiger partial charge is 0.312 e. The van der Waals surface area contributed by atoms with E-state index in [1.807, 2.05) is 6.92 Å². The molecule has 0 spiro atoms. The summed E-state index contributed by atoms with van der Waals surface area (Å²) in [5, 5.41) is 6.58. The average molecular weight is 274 g/mol. The number of aromatic nitrogens is 3. The van der Waals surface area contributed by atoms with Gasteiger partial charge in [-0.25, -0.2) is 15.0 Å². The van der Waals surface area contributed by atoms with E-state index in [4.69, 9.17) is 9.97 Å². The first-order valence-electron chi connectivity index (χ1n) is 6.75. The monoisotopic (exact) mass is 274 g/mol. The highest BCUT2D eigenvalue weighted by Gasteiger charge is 2.17. The molecule has 0 aliphatic carbocycles. The summed E-state index contributed by atoms with van der Waals surface area (Å²) < 4.78 is 0. The Labute approximate surface area is 117 Å². The lowest BCUT2D eigenvalue weighted by molar-refractivity contribution is 0.611. The molecular formula is C14H18N4S. The van der Waals surface area contributed by atoms with Crippen LogP contribution in [0.1, 0.15) is 40.4 Å². The summed E-state index contributed by atoms with van der Waals surface area (Å²) in [4.78, 5) is 14.0. The lowest BCUT2D eigenvalue weighted by atomic mass is 10.0. The van der Waals surface area contributed by atoms with Gasteiger partial charge in [0.25, 0.3) is 0 Å². The molecule has 0 aromatic carbocycles. The van der Waals surface area contributed by atoms with Crippen LogP contribution in [0.15, 0.2) is 5.38 Å². The summed E-state index contributed by atoms with van der Waals surface area (Å²) >= 11 is 1.69. The van der Waals surface area contributed by atoms with Crippen LogP contribution in [0.3, 0.4) is 0 Å². The molecule has 0 bridgehead atoms. The van der Waals surface area contributed by atoms with Crippen LogP contribution in [0.4, 0.5) is 0 Å². The smallest absolute Gasteiger partial charge is 0.135 e. The van der Waals surface area contributed by atoms with Crippen molar-refractivity contribution in [3.63, 3.8) is 0 Å². The van der Waals surface area contributed by atoms with Crippen molar-refractivity contribution in [3.8, 4) is 0 Å². The SMILES string of the molecule is CCc1nc(Cc2nc(C)cs2)nc2c1CNCC2. The van der Waals surface area contributed by atoms with Crippen LogP contribution in [-0.4, -0.2) is 21.5 Å². The summed E-state index contributed by atoms with van der Waals surface area (Å²) in [6.07, 6.45) is 2.73. The molecule has 3 rings (SSSR count). The zero-order valence-electron chi connectivity index (χ0n) is 11.4. The van der Waals surface area contributed by atoms with Gasteiger partial charge in [0.2, 0.25) is 0 Å². The lowest BCUT2D eigenvalue weighted by Gasteiger charge is -2.19. The van der Waals surface area contributed by atoms with Crippen molar-refractivity contribution >= 4 is 11.3 Å². The number of hydrogen-bond acceptors (Lipinski definition) is 5.